The van der Waals surface area contributed by atoms with Crippen molar-refractivity contribution in [1.82, 2.24) is 5.32 Å². The Labute approximate surface area is 118 Å². The first-order chi connectivity index (χ1) is 9.56. The van der Waals surface area contributed by atoms with E-state index >= 15 is 0 Å². The fourth-order valence-electron chi connectivity index (χ4n) is 1.34. The molecule has 0 atom stereocenters. The van der Waals surface area contributed by atoms with Gasteiger partial charge >= 0.3 is 0 Å². The Balaban J connectivity index is 2.68. The quantitative estimate of drug-likeness (QED) is 0.632. The molecule has 0 saturated carbocycles. The lowest BCUT2D eigenvalue weighted by Crippen LogP contribution is -2.28. The van der Waals surface area contributed by atoms with E-state index in [0.717, 1.165) is 0 Å². The van der Waals surface area contributed by atoms with Gasteiger partial charge in [-0.1, -0.05) is 13.8 Å². The molecule has 0 radical (unpaired) electrons. The minimum atomic E-state index is -0.401. The molecule has 0 fully saturated rings. The van der Waals surface area contributed by atoms with Gasteiger partial charge in [0.15, 0.2) is 0 Å². The molecule has 0 saturated heterocycles. The summed E-state index contributed by atoms with van der Waals surface area (Å²) in [5, 5.41) is 23.2. The van der Waals surface area contributed by atoms with Crippen LogP contribution in [0.15, 0.2) is 36.0 Å². The number of hydrogen-bond donors (Lipinski definition) is 2. The van der Waals surface area contributed by atoms with E-state index in [1.807, 2.05) is 26.0 Å². The van der Waals surface area contributed by atoms with Gasteiger partial charge in [-0.2, -0.15) is 10.5 Å². The van der Waals surface area contributed by atoms with Crippen LogP contribution in [0.2, 0.25) is 0 Å². The predicted molar refractivity (Wildman–Crippen MR) is 76.3 cm³/mol. The second-order valence-electron chi connectivity index (χ2n) is 4.61. The number of carbonyl (C=O) groups excluding carboxylic acids is 1. The number of amides is 1. The summed E-state index contributed by atoms with van der Waals surface area (Å²) < 4.78 is 0. The van der Waals surface area contributed by atoms with Gasteiger partial charge in [0.2, 0.25) is 0 Å². The zero-order valence-corrected chi connectivity index (χ0v) is 11.5. The molecule has 0 spiro atoms. The molecular formula is C15H16N4O. The van der Waals surface area contributed by atoms with Crippen LogP contribution in [0.3, 0.4) is 0 Å². The molecule has 0 bridgehead atoms. The monoisotopic (exact) mass is 268 g/mol. The van der Waals surface area contributed by atoms with Crippen molar-refractivity contribution in [3.05, 3.63) is 41.6 Å². The van der Waals surface area contributed by atoms with E-state index in [-0.39, 0.29) is 5.57 Å². The van der Waals surface area contributed by atoms with E-state index in [9.17, 15) is 4.79 Å². The van der Waals surface area contributed by atoms with Crippen LogP contribution in [0, 0.1) is 28.6 Å². The van der Waals surface area contributed by atoms with E-state index < -0.39 is 5.91 Å². The molecule has 102 valence electrons. The van der Waals surface area contributed by atoms with Gasteiger partial charge in [0.05, 0.1) is 11.6 Å². The number of rotatable bonds is 5. The third-order valence-corrected chi connectivity index (χ3v) is 2.43. The largest absolute Gasteiger partial charge is 0.360 e. The van der Waals surface area contributed by atoms with Crippen LogP contribution >= 0.6 is 0 Å². The van der Waals surface area contributed by atoms with Gasteiger partial charge in [0, 0.05) is 18.4 Å². The first-order valence-corrected chi connectivity index (χ1v) is 6.22. The van der Waals surface area contributed by atoms with Crippen LogP contribution < -0.4 is 10.6 Å². The maximum atomic E-state index is 11.7. The molecule has 0 aliphatic rings. The van der Waals surface area contributed by atoms with Crippen molar-refractivity contribution in [2.45, 2.75) is 13.8 Å². The fraction of sp³-hybridized carbons (Fsp3) is 0.267. The summed E-state index contributed by atoms with van der Waals surface area (Å²) in [5.74, 6) is -0.0762. The number of nitriles is 2. The normalized spacial score (nSPS) is 10.6. The van der Waals surface area contributed by atoms with Gasteiger partial charge in [-0.25, -0.2) is 0 Å². The summed E-state index contributed by atoms with van der Waals surface area (Å²) in [5.41, 5.74) is 1.26. The molecule has 5 heteroatoms. The molecule has 5 nitrogen and oxygen atoms in total. The number of carbonyl (C=O) groups is 1. The van der Waals surface area contributed by atoms with Crippen molar-refractivity contribution in [3.8, 4) is 12.1 Å². The van der Waals surface area contributed by atoms with Crippen LogP contribution in [0.1, 0.15) is 19.4 Å². The summed E-state index contributed by atoms with van der Waals surface area (Å²) in [6.07, 6.45) is 1.36. The minimum absolute atomic E-state index is 0.00927. The van der Waals surface area contributed by atoms with E-state index in [1.54, 1.807) is 24.3 Å². The van der Waals surface area contributed by atoms with Crippen LogP contribution in [-0.4, -0.2) is 12.5 Å². The van der Waals surface area contributed by atoms with E-state index in [0.29, 0.717) is 23.7 Å². The maximum absolute atomic E-state index is 11.7. The summed E-state index contributed by atoms with van der Waals surface area (Å²) in [7, 11) is 0. The molecule has 1 aromatic carbocycles. The molecule has 1 rings (SSSR count). The molecule has 0 aliphatic carbocycles. The smallest absolute Gasteiger partial charge is 0.263 e. The van der Waals surface area contributed by atoms with E-state index in [4.69, 9.17) is 10.5 Å². The third kappa shape index (κ3) is 4.83. The minimum Gasteiger partial charge on any atom is -0.360 e. The first kappa shape index (κ1) is 15.3. The Morgan fingerprint density at radius 3 is 2.45 bits per heavy atom. The Hall–Kier alpha value is -2.79. The van der Waals surface area contributed by atoms with E-state index in [1.165, 1.54) is 6.20 Å². The van der Waals surface area contributed by atoms with Crippen LogP contribution in [-0.2, 0) is 4.79 Å². The topological polar surface area (TPSA) is 88.7 Å². The molecule has 1 amide bonds. The zero-order chi connectivity index (χ0) is 15.0. The number of anilines is 1. The molecule has 0 unspecified atom stereocenters. The van der Waals surface area contributed by atoms with Crippen molar-refractivity contribution in [3.63, 3.8) is 0 Å². The van der Waals surface area contributed by atoms with Crippen LogP contribution in [0.25, 0.3) is 0 Å². The summed E-state index contributed by atoms with van der Waals surface area (Å²) in [6, 6.07) is 10.6. The zero-order valence-electron chi connectivity index (χ0n) is 11.5. The number of benzene rings is 1. The van der Waals surface area contributed by atoms with Gasteiger partial charge in [-0.05, 0) is 30.2 Å². The molecule has 0 heterocycles. The molecule has 20 heavy (non-hydrogen) atoms. The standard InChI is InChI=1S/C15H16N4O/c1-11(2)9-19-15(20)13(8-17)10-18-14-5-3-12(7-16)4-6-14/h3-6,10-11,18H,9H2,1-2H3,(H,19,20)/b13-10-. The average molecular weight is 268 g/mol. The van der Waals surface area contributed by atoms with Crippen molar-refractivity contribution in [2.24, 2.45) is 5.92 Å². The highest BCUT2D eigenvalue weighted by atomic mass is 16.1. The Bertz CT molecular complexity index is 573. The Morgan fingerprint density at radius 2 is 1.95 bits per heavy atom. The van der Waals surface area contributed by atoms with Gasteiger partial charge in [-0.15, -0.1) is 0 Å². The Morgan fingerprint density at radius 1 is 1.30 bits per heavy atom. The summed E-state index contributed by atoms with van der Waals surface area (Å²) in [6.45, 7) is 4.48. The van der Waals surface area contributed by atoms with Gasteiger partial charge < -0.3 is 10.6 Å². The van der Waals surface area contributed by atoms with Crippen molar-refractivity contribution in [1.29, 1.82) is 10.5 Å². The van der Waals surface area contributed by atoms with Crippen molar-refractivity contribution < 1.29 is 4.79 Å². The van der Waals surface area contributed by atoms with E-state index in [2.05, 4.69) is 10.6 Å². The molecule has 0 aromatic heterocycles. The molecular weight excluding hydrogens is 252 g/mol. The van der Waals surface area contributed by atoms with Gasteiger partial charge in [-0.3, -0.25) is 4.79 Å². The summed E-state index contributed by atoms with van der Waals surface area (Å²) >= 11 is 0. The Kier molecular flexibility index (Phi) is 5.80. The van der Waals surface area contributed by atoms with Crippen molar-refractivity contribution in [2.75, 3.05) is 11.9 Å². The highest BCUT2D eigenvalue weighted by Gasteiger charge is 2.08. The fourth-order valence-corrected chi connectivity index (χ4v) is 1.34. The lowest BCUT2D eigenvalue weighted by molar-refractivity contribution is -0.117. The number of hydrogen-bond acceptors (Lipinski definition) is 4. The highest BCUT2D eigenvalue weighted by Crippen LogP contribution is 2.09. The van der Waals surface area contributed by atoms with Crippen LogP contribution in [0.4, 0.5) is 5.69 Å². The molecule has 0 aliphatic heterocycles. The predicted octanol–water partition coefficient (Wildman–Crippen LogP) is 2.15. The highest BCUT2D eigenvalue weighted by molar-refractivity contribution is 5.97. The second kappa shape index (κ2) is 7.60. The number of nitrogens with zero attached hydrogens (tertiary/aromatic N) is 2. The maximum Gasteiger partial charge on any atom is 0.263 e. The van der Waals surface area contributed by atoms with Gasteiger partial charge in [0.25, 0.3) is 5.91 Å². The lowest BCUT2D eigenvalue weighted by Gasteiger charge is -2.07. The second-order valence-corrected chi connectivity index (χ2v) is 4.61. The third-order valence-electron chi connectivity index (χ3n) is 2.43. The van der Waals surface area contributed by atoms with Crippen LogP contribution in [0.5, 0.6) is 0 Å². The average Bonchev–Trinajstić information content (AvgIpc) is 2.46. The van der Waals surface area contributed by atoms with Crippen molar-refractivity contribution >= 4 is 11.6 Å². The number of nitrogens with one attached hydrogen (secondary N) is 2. The lowest BCUT2D eigenvalue weighted by atomic mass is 10.2. The van der Waals surface area contributed by atoms with Gasteiger partial charge in [0.1, 0.15) is 11.6 Å². The summed E-state index contributed by atoms with van der Waals surface area (Å²) in [4.78, 5) is 11.7. The molecule has 1 aromatic rings. The molecule has 2 N–H and O–H groups in total. The first-order valence-electron chi connectivity index (χ1n) is 6.22. The SMILES string of the molecule is CC(C)CNC(=O)/C(C#N)=C\Nc1ccc(C#N)cc1.